The molecule has 272 valence electrons. The van der Waals surface area contributed by atoms with Crippen molar-refractivity contribution in [3.8, 4) is 45.5 Å². The average molecular weight is 873 g/mol. The largest absolute Gasteiger partial charge is 2.00 e. The molecule has 5 nitrogen and oxygen atoms in total. The molecule has 3 aromatic carbocycles. The van der Waals surface area contributed by atoms with Gasteiger partial charge in [-0.25, -0.2) is 4.98 Å². The van der Waals surface area contributed by atoms with Gasteiger partial charge in [0.15, 0.2) is 0 Å². The smallest absolute Gasteiger partial charge is 0.461 e. The number of fused-ring (bicyclic) bond motifs is 1. The van der Waals surface area contributed by atoms with E-state index >= 15 is 0 Å². The van der Waals surface area contributed by atoms with Gasteiger partial charge >= 0.3 is 21.1 Å². The summed E-state index contributed by atoms with van der Waals surface area (Å²) in [6.45, 7) is 26.5. The van der Waals surface area contributed by atoms with Crippen molar-refractivity contribution in [2.45, 2.75) is 106 Å². The Morgan fingerprint density at radius 3 is 2.04 bits per heavy atom. The molecule has 0 bridgehead atoms. The van der Waals surface area contributed by atoms with E-state index in [0.29, 0.717) is 11.6 Å². The van der Waals surface area contributed by atoms with Crippen LogP contribution in [0, 0.1) is 17.5 Å². The molecule has 0 saturated carbocycles. The fraction of sp³-hybridized carbons (Fsp3) is 0.370. The number of pyridine rings is 1. The van der Waals surface area contributed by atoms with Crippen LogP contribution < -0.4 is 4.74 Å². The van der Waals surface area contributed by atoms with Gasteiger partial charge in [0.1, 0.15) is 17.8 Å². The van der Waals surface area contributed by atoms with E-state index in [2.05, 4.69) is 144 Å². The molecule has 0 aliphatic rings. The van der Waals surface area contributed by atoms with Crippen LogP contribution in [0.4, 0.5) is 0 Å². The molecule has 6 heteroatoms. The van der Waals surface area contributed by atoms with Crippen molar-refractivity contribution in [2.24, 2.45) is 5.41 Å². The summed E-state index contributed by atoms with van der Waals surface area (Å²) in [6, 6.07) is 32.0. The molecule has 6 aromatic rings. The molecular formula is C46H51N3O2Pt. The van der Waals surface area contributed by atoms with Crippen molar-refractivity contribution >= 4 is 10.9 Å². The minimum atomic E-state index is -0.165. The van der Waals surface area contributed by atoms with E-state index < -0.39 is 0 Å². The predicted octanol–water partition coefficient (Wildman–Crippen LogP) is 12.5. The van der Waals surface area contributed by atoms with Crippen molar-refractivity contribution in [3.63, 3.8) is 0 Å². The number of rotatable bonds is 6. The Labute approximate surface area is 325 Å². The van der Waals surface area contributed by atoms with Crippen LogP contribution in [0.2, 0.25) is 0 Å². The van der Waals surface area contributed by atoms with Gasteiger partial charge in [0.2, 0.25) is 5.88 Å². The van der Waals surface area contributed by atoms with Crippen LogP contribution in [0.15, 0.2) is 83.5 Å². The predicted molar refractivity (Wildman–Crippen MR) is 209 cm³/mol. The number of benzene rings is 3. The van der Waals surface area contributed by atoms with E-state index in [1.54, 1.807) is 6.33 Å². The van der Waals surface area contributed by atoms with Crippen LogP contribution in [0.5, 0.6) is 11.6 Å². The van der Waals surface area contributed by atoms with Gasteiger partial charge in [-0.2, -0.15) is 0 Å². The summed E-state index contributed by atoms with van der Waals surface area (Å²) >= 11 is 0. The van der Waals surface area contributed by atoms with Gasteiger partial charge in [-0.1, -0.05) is 113 Å². The molecule has 0 N–H and O–H groups in total. The summed E-state index contributed by atoms with van der Waals surface area (Å²) in [6.07, 6.45) is 2.48. The minimum Gasteiger partial charge on any atom is -0.461 e. The molecule has 0 amide bonds. The van der Waals surface area contributed by atoms with Crippen LogP contribution in [0.25, 0.3) is 44.7 Å². The Kier molecular flexibility index (Phi) is 10.8. The molecule has 3 aromatic heterocycles. The van der Waals surface area contributed by atoms with E-state index in [-0.39, 0.29) is 42.7 Å². The summed E-state index contributed by atoms with van der Waals surface area (Å²) < 4.78 is 13.0. The Hall–Kier alpha value is -4.08. The topological polar surface area (TPSA) is 61.0 Å². The second-order valence-electron chi connectivity index (χ2n) is 18.0. The second-order valence-corrected chi connectivity index (χ2v) is 18.0. The van der Waals surface area contributed by atoms with Crippen LogP contribution in [-0.2, 0) is 43.7 Å². The summed E-state index contributed by atoms with van der Waals surface area (Å²) in [7, 11) is 0. The van der Waals surface area contributed by atoms with Crippen molar-refractivity contribution in [3.05, 3.63) is 114 Å². The monoisotopic (exact) mass is 872 g/mol. The molecule has 0 saturated heterocycles. The number of furan rings is 1. The zero-order valence-electron chi connectivity index (χ0n) is 32.7. The fourth-order valence-electron chi connectivity index (χ4n) is 6.12. The molecule has 0 aliphatic heterocycles. The van der Waals surface area contributed by atoms with Crippen LogP contribution in [0.1, 0.15) is 106 Å². The number of ether oxygens (including phenoxy) is 1. The molecule has 0 unspecified atom stereocenters. The SMILES string of the molecule is CC(C)(C)Cc1ccc(-c2cccc3c(-c4[c-]c(Oc5cc(C(C)(C)C)cc(-c6[c-]ccc(C(C)(C)C)c6)n5)cc(C(C)(C)C)c4)ncnc23)o1.[Pt+2]. The van der Waals surface area contributed by atoms with Crippen LogP contribution in [-0.4, -0.2) is 15.0 Å². The van der Waals surface area contributed by atoms with Gasteiger partial charge in [0, 0.05) is 23.8 Å². The molecule has 0 atom stereocenters. The summed E-state index contributed by atoms with van der Waals surface area (Å²) in [5, 5.41) is 0.918. The van der Waals surface area contributed by atoms with E-state index in [9.17, 15) is 0 Å². The van der Waals surface area contributed by atoms with Crippen molar-refractivity contribution < 1.29 is 30.2 Å². The Morgan fingerprint density at radius 2 is 1.37 bits per heavy atom. The Morgan fingerprint density at radius 1 is 0.692 bits per heavy atom. The number of hydrogen-bond acceptors (Lipinski definition) is 5. The number of hydrogen-bond donors (Lipinski definition) is 0. The maximum absolute atomic E-state index is 6.68. The molecule has 3 heterocycles. The Balaban J connectivity index is 0.00000523. The third-order valence-electron chi connectivity index (χ3n) is 9.09. The zero-order valence-corrected chi connectivity index (χ0v) is 35.0. The third kappa shape index (κ3) is 8.92. The van der Waals surface area contributed by atoms with Crippen LogP contribution in [0.3, 0.4) is 0 Å². The van der Waals surface area contributed by atoms with E-state index in [1.165, 1.54) is 5.56 Å². The van der Waals surface area contributed by atoms with Crippen molar-refractivity contribution in [1.82, 2.24) is 15.0 Å². The number of aromatic nitrogens is 3. The molecule has 6 rings (SSSR count). The zero-order chi connectivity index (χ0) is 36.9. The standard InChI is InChI=1S/C46H51N3O2.Pt/c1-43(2,3)27-34-19-20-39(50-34)36-17-14-18-37-41(47-28-48-42(36)37)30-22-32(45(7,8)9)24-35(23-30)51-40-26-33(46(10,11)12)25-38(49-40)29-15-13-16-31(21-29)44(4,5)6;/h13-14,16-22,24-26,28H,27H2,1-12H3;/q-2;+2. The Bertz CT molecular complexity index is 2210. The molecule has 0 fully saturated rings. The van der Waals surface area contributed by atoms with Crippen molar-refractivity contribution in [2.75, 3.05) is 0 Å². The van der Waals surface area contributed by atoms with E-state index in [4.69, 9.17) is 24.1 Å². The molecule has 0 aliphatic carbocycles. The summed E-state index contributed by atoms with van der Waals surface area (Å²) in [5.41, 5.74) is 8.43. The van der Waals surface area contributed by atoms with Gasteiger partial charge in [0.05, 0.1) is 5.52 Å². The van der Waals surface area contributed by atoms with Gasteiger partial charge in [-0.3, -0.25) is 9.97 Å². The maximum Gasteiger partial charge on any atom is 2.00 e. The fourth-order valence-corrected chi connectivity index (χ4v) is 6.12. The van der Waals surface area contributed by atoms with Gasteiger partial charge < -0.3 is 9.15 Å². The van der Waals surface area contributed by atoms with Gasteiger partial charge in [-0.15, -0.1) is 52.6 Å². The molecule has 0 radical (unpaired) electrons. The molecule has 0 spiro atoms. The first-order valence-electron chi connectivity index (χ1n) is 17.9. The first kappa shape index (κ1) is 39.1. The second kappa shape index (κ2) is 14.4. The van der Waals surface area contributed by atoms with Crippen molar-refractivity contribution in [1.29, 1.82) is 0 Å². The first-order chi connectivity index (χ1) is 23.7. The molecular weight excluding hydrogens is 822 g/mol. The minimum absolute atomic E-state index is 0. The molecule has 52 heavy (non-hydrogen) atoms. The third-order valence-corrected chi connectivity index (χ3v) is 9.09. The van der Waals surface area contributed by atoms with Crippen LogP contribution >= 0.6 is 0 Å². The number of nitrogens with zero attached hydrogens (tertiary/aromatic N) is 3. The van der Waals surface area contributed by atoms with Gasteiger partial charge in [-0.05, 0) is 62.2 Å². The summed E-state index contributed by atoms with van der Waals surface area (Å²) in [5.74, 6) is 2.85. The van der Waals surface area contributed by atoms with E-state index in [0.717, 1.165) is 68.0 Å². The first-order valence-corrected chi connectivity index (χ1v) is 17.9. The van der Waals surface area contributed by atoms with E-state index in [1.807, 2.05) is 24.3 Å². The normalized spacial score (nSPS) is 12.5. The number of para-hydroxylation sites is 1. The maximum atomic E-state index is 6.68. The summed E-state index contributed by atoms with van der Waals surface area (Å²) in [4.78, 5) is 14.6. The van der Waals surface area contributed by atoms with Gasteiger partial charge in [0.25, 0.3) is 0 Å². The average Bonchev–Trinajstić information content (AvgIpc) is 3.49. The quantitative estimate of drug-likeness (QED) is 0.156.